The first-order chi connectivity index (χ1) is 8.74. The van der Waals surface area contributed by atoms with E-state index in [9.17, 15) is 0 Å². The number of halogens is 1. The number of rotatable bonds is 1. The number of piperazine rings is 2. The van der Waals surface area contributed by atoms with Crippen LogP contribution in [0.5, 0.6) is 0 Å². The summed E-state index contributed by atoms with van der Waals surface area (Å²) in [6, 6.07) is 9.39. The van der Waals surface area contributed by atoms with E-state index in [1.807, 2.05) is 6.07 Å². The molecule has 3 rings (SSSR count). The van der Waals surface area contributed by atoms with E-state index in [1.165, 1.54) is 5.56 Å². The zero-order chi connectivity index (χ0) is 12.5. The molecule has 1 aromatic carbocycles. The topological polar surface area (TPSA) is 18.5 Å². The van der Waals surface area contributed by atoms with Crippen molar-refractivity contribution in [3.63, 3.8) is 0 Å². The number of fused-ring (bicyclic) bond motifs is 1. The minimum absolute atomic E-state index is 0.469. The summed E-state index contributed by atoms with van der Waals surface area (Å²) in [6.45, 7) is 5.60. The normalized spacial score (nSPS) is 30.1. The van der Waals surface area contributed by atoms with Gasteiger partial charge in [0.25, 0.3) is 0 Å². The fourth-order valence-electron chi connectivity index (χ4n) is 3.14. The highest BCUT2D eigenvalue weighted by molar-refractivity contribution is 6.30. The number of likely N-dealkylation sites (N-methyl/N-ethyl adjacent to an activating group) is 1. The Morgan fingerprint density at radius 3 is 3.00 bits per heavy atom. The van der Waals surface area contributed by atoms with Crippen molar-refractivity contribution >= 4 is 11.6 Å². The maximum absolute atomic E-state index is 6.12. The van der Waals surface area contributed by atoms with Gasteiger partial charge in [-0.25, -0.2) is 0 Å². The number of nitrogens with one attached hydrogen (secondary N) is 1. The van der Waals surface area contributed by atoms with E-state index in [-0.39, 0.29) is 0 Å². The summed E-state index contributed by atoms with van der Waals surface area (Å²) in [5.74, 6) is 0. The molecule has 0 bridgehead atoms. The lowest BCUT2D eigenvalue weighted by molar-refractivity contribution is 0.0290. The summed E-state index contributed by atoms with van der Waals surface area (Å²) in [4.78, 5) is 5.06. The molecule has 98 valence electrons. The van der Waals surface area contributed by atoms with Crippen molar-refractivity contribution in [3.8, 4) is 0 Å². The Kier molecular flexibility index (Phi) is 3.57. The first-order valence-electron chi connectivity index (χ1n) is 6.64. The zero-order valence-electron chi connectivity index (χ0n) is 10.8. The van der Waals surface area contributed by atoms with Crippen molar-refractivity contribution in [1.29, 1.82) is 0 Å². The highest BCUT2D eigenvalue weighted by Crippen LogP contribution is 2.28. The molecule has 2 fully saturated rings. The third-order valence-electron chi connectivity index (χ3n) is 4.08. The maximum Gasteiger partial charge on any atom is 0.0477 e. The van der Waals surface area contributed by atoms with Crippen LogP contribution >= 0.6 is 11.6 Å². The van der Waals surface area contributed by atoms with E-state index < -0.39 is 0 Å². The number of hydrogen-bond acceptors (Lipinski definition) is 3. The quantitative estimate of drug-likeness (QED) is 0.832. The molecule has 4 heteroatoms. The molecule has 0 saturated carbocycles. The second-order valence-corrected chi connectivity index (χ2v) is 5.82. The third kappa shape index (κ3) is 2.41. The van der Waals surface area contributed by atoms with Crippen LogP contribution in [0.25, 0.3) is 0 Å². The van der Waals surface area contributed by atoms with Gasteiger partial charge in [-0.2, -0.15) is 0 Å². The molecule has 2 heterocycles. The Labute approximate surface area is 114 Å². The van der Waals surface area contributed by atoms with Gasteiger partial charge in [-0.05, 0) is 24.7 Å². The first kappa shape index (κ1) is 12.4. The first-order valence-corrected chi connectivity index (χ1v) is 7.02. The van der Waals surface area contributed by atoms with Gasteiger partial charge in [0.15, 0.2) is 0 Å². The van der Waals surface area contributed by atoms with E-state index in [1.54, 1.807) is 0 Å². The van der Waals surface area contributed by atoms with Crippen LogP contribution in [-0.2, 0) is 0 Å². The van der Waals surface area contributed by atoms with Gasteiger partial charge in [-0.1, -0.05) is 23.7 Å². The SMILES string of the molecule is CN1CCN2C(CNCC2c2cccc(Cl)c2)C1. The van der Waals surface area contributed by atoms with E-state index in [0.717, 1.165) is 37.7 Å². The Morgan fingerprint density at radius 2 is 2.17 bits per heavy atom. The van der Waals surface area contributed by atoms with Crippen LogP contribution in [0.15, 0.2) is 24.3 Å². The molecule has 1 N–H and O–H groups in total. The van der Waals surface area contributed by atoms with Gasteiger partial charge in [-0.3, -0.25) is 4.90 Å². The van der Waals surface area contributed by atoms with E-state index >= 15 is 0 Å². The molecule has 0 aromatic heterocycles. The summed E-state index contributed by atoms with van der Waals surface area (Å²) in [5, 5.41) is 4.40. The van der Waals surface area contributed by atoms with Gasteiger partial charge in [0.05, 0.1) is 0 Å². The number of nitrogens with zero attached hydrogens (tertiary/aromatic N) is 2. The third-order valence-corrected chi connectivity index (χ3v) is 4.32. The molecule has 3 nitrogen and oxygen atoms in total. The molecule has 2 atom stereocenters. The number of hydrogen-bond donors (Lipinski definition) is 1. The molecule has 1 aromatic rings. The Hall–Kier alpha value is -0.610. The summed E-state index contributed by atoms with van der Waals surface area (Å²) >= 11 is 6.12. The molecule has 0 radical (unpaired) electrons. The fraction of sp³-hybridized carbons (Fsp3) is 0.571. The Morgan fingerprint density at radius 1 is 1.28 bits per heavy atom. The molecule has 18 heavy (non-hydrogen) atoms. The highest BCUT2D eigenvalue weighted by atomic mass is 35.5. The molecular weight excluding hydrogens is 246 g/mol. The van der Waals surface area contributed by atoms with E-state index in [2.05, 4.69) is 40.4 Å². The van der Waals surface area contributed by atoms with Crippen molar-refractivity contribution < 1.29 is 0 Å². The predicted molar refractivity (Wildman–Crippen MR) is 75.1 cm³/mol. The average molecular weight is 266 g/mol. The largest absolute Gasteiger partial charge is 0.313 e. The van der Waals surface area contributed by atoms with Crippen LogP contribution in [0.4, 0.5) is 0 Å². The van der Waals surface area contributed by atoms with Crippen LogP contribution in [0.1, 0.15) is 11.6 Å². The second-order valence-electron chi connectivity index (χ2n) is 5.38. The van der Waals surface area contributed by atoms with Crippen molar-refractivity contribution in [2.45, 2.75) is 12.1 Å². The van der Waals surface area contributed by atoms with Gasteiger partial charge in [0.1, 0.15) is 0 Å². The molecule has 2 aliphatic rings. The van der Waals surface area contributed by atoms with Gasteiger partial charge >= 0.3 is 0 Å². The van der Waals surface area contributed by atoms with Gasteiger partial charge in [0.2, 0.25) is 0 Å². The minimum atomic E-state index is 0.469. The molecule has 2 aliphatic heterocycles. The lowest BCUT2D eigenvalue weighted by Crippen LogP contribution is -2.61. The lowest BCUT2D eigenvalue weighted by atomic mass is 9.98. The molecule has 2 saturated heterocycles. The van der Waals surface area contributed by atoms with Crippen LogP contribution in [0.2, 0.25) is 5.02 Å². The summed E-state index contributed by atoms with van der Waals surface area (Å²) in [7, 11) is 2.21. The van der Waals surface area contributed by atoms with Crippen LogP contribution in [-0.4, -0.2) is 55.6 Å². The predicted octanol–water partition coefficient (Wildman–Crippen LogP) is 1.60. The maximum atomic E-state index is 6.12. The van der Waals surface area contributed by atoms with E-state index in [0.29, 0.717) is 12.1 Å². The van der Waals surface area contributed by atoms with Gasteiger partial charge in [-0.15, -0.1) is 0 Å². The highest BCUT2D eigenvalue weighted by Gasteiger charge is 2.34. The van der Waals surface area contributed by atoms with Crippen molar-refractivity contribution in [3.05, 3.63) is 34.9 Å². The standard InChI is InChI=1S/C14H20ClN3/c1-17-5-6-18-13(10-17)8-16-9-14(18)11-3-2-4-12(15)7-11/h2-4,7,13-14,16H,5-6,8-10H2,1H3. The van der Waals surface area contributed by atoms with Crippen molar-refractivity contribution in [1.82, 2.24) is 15.1 Å². The Bertz CT molecular complexity index is 423. The molecule has 0 aliphatic carbocycles. The summed E-state index contributed by atoms with van der Waals surface area (Å²) in [5.41, 5.74) is 1.34. The van der Waals surface area contributed by atoms with Crippen LogP contribution in [0.3, 0.4) is 0 Å². The Balaban J connectivity index is 1.83. The number of benzene rings is 1. The van der Waals surface area contributed by atoms with Gasteiger partial charge in [0, 0.05) is 49.8 Å². The van der Waals surface area contributed by atoms with Crippen molar-refractivity contribution in [2.75, 3.05) is 39.8 Å². The average Bonchev–Trinajstić information content (AvgIpc) is 2.37. The second kappa shape index (κ2) is 5.17. The molecular formula is C14H20ClN3. The van der Waals surface area contributed by atoms with Gasteiger partial charge < -0.3 is 10.2 Å². The fourth-order valence-corrected chi connectivity index (χ4v) is 3.34. The van der Waals surface area contributed by atoms with E-state index in [4.69, 9.17) is 11.6 Å². The smallest absolute Gasteiger partial charge is 0.0477 e. The monoisotopic (exact) mass is 265 g/mol. The van der Waals surface area contributed by atoms with Crippen molar-refractivity contribution in [2.24, 2.45) is 0 Å². The zero-order valence-corrected chi connectivity index (χ0v) is 11.5. The molecule has 0 amide bonds. The lowest BCUT2D eigenvalue weighted by Gasteiger charge is -2.48. The van der Waals surface area contributed by atoms with Crippen LogP contribution < -0.4 is 5.32 Å². The summed E-state index contributed by atoms with van der Waals surface area (Å²) in [6.07, 6.45) is 0. The minimum Gasteiger partial charge on any atom is -0.313 e. The molecule has 0 spiro atoms. The molecule has 2 unspecified atom stereocenters. The van der Waals surface area contributed by atoms with Crippen LogP contribution in [0, 0.1) is 0 Å². The summed E-state index contributed by atoms with van der Waals surface area (Å²) < 4.78 is 0.